The smallest absolute Gasteiger partial charge is 0.408 e. The second-order valence-corrected chi connectivity index (χ2v) is 6.88. The second-order valence-electron chi connectivity index (χ2n) is 6.88. The van der Waals surface area contributed by atoms with Crippen LogP contribution in [0.1, 0.15) is 40.0 Å². The van der Waals surface area contributed by atoms with E-state index in [0.717, 1.165) is 6.42 Å². The molecule has 3 N–H and O–H groups in total. The molecule has 0 spiro atoms. The molecule has 0 saturated heterocycles. The van der Waals surface area contributed by atoms with Crippen LogP contribution in [-0.2, 0) is 9.53 Å². The number of ether oxygens (including phenoxy) is 1. The molecule has 1 unspecified atom stereocenters. The minimum atomic E-state index is -1.35. The van der Waals surface area contributed by atoms with Crippen molar-refractivity contribution in [3.05, 3.63) is 12.3 Å². The number of H-pyrrole nitrogens is 1. The normalized spacial score (nSPS) is 17.8. The molecule has 1 aromatic rings. The lowest BCUT2D eigenvalue weighted by molar-refractivity contribution is -0.133. The molecule has 1 heterocycles. The van der Waals surface area contributed by atoms with E-state index in [2.05, 4.69) is 15.5 Å². The van der Waals surface area contributed by atoms with Crippen molar-refractivity contribution < 1.29 is 19.4 Å². The van der Waals surface area contributed by atoms with Gasteiger partial charge in [-0.2, -0.15) is 5.10 Å². The Morgan fingerprint density at radius 1 is 1.48 bits per heavy atom. The molecule has 0 aromatic carbocycles. The first-order valence-electron chi connectivity index (χ1n) is 7.61. The number of amides is 2. The number of nitrogens with one attached hydrogen (secondary N) is 2. The summed E-state index contributed by atoms with van der Waals surface area (Å²) in [7, 11) is 1.54. The first-order chi connectivity index (χ1) is 10.6. The fourth-order valence-corrected chi connectivity index (χ4v) is 2.51. The Morgan fingerprint density at radius 2 is 2.13 bits per heavy atom. The van der Waals surface area contributed by atoms with Gasteiger partial charge in [-0.15, -0.1) is 0 Å². The van der Waals surface area contributed by atoms with Crippen molar-refractivity contribution in [2.45, 2.75) is 57.3 Å². The van der Waals surface area contributed by atoms with E-state index in [9.17, 15) is 14.7 Å². The van der Waals surface area contributed by atoms with Gasteiger partial charge in [0.05, 0.1) is 11.7 Å². The average Bonchev–Trinajstić information content (AvgIpc) is 2.92. The van der Waals surface area contributed by atoms with E-state index in [-0.39, 0.29) is 0 Å². The first kappa shape index (κ1) is 17.3. The molecule has 1 fully saturated rings. The zero-order chi connectivity index (χ0) is 17.3. The third kappa shape index (κ3) is 3.82. The largest absolute Gasteiger partial charge is 0.444 e. The highest BCUT2D eigenvalue weighted by molar-refractivity contribution is 5.96. The fourth-order valence-electron chi connectivity index (χ4n) is 2.51. The number of hydrogen-bond donors (Lipinski definition) is 3. The van der Waals surface area contributed by atoms with Crippen LogP contribution in [0.5, 0.6) is 0 Å². The summed E-state index contributed by atoms with van der Waals surface area (Å²) in [4.78, 5) is 25.8. The molecule has 1 atom stereocenters. The van der Waals surface area contributed by atoms with Crippen LogP contribution >= 0.6 is 0 Å². The van der Waals surface area contributed by atoms with Gasteiger partial charge in [-0.05, 0) is 40.0 Å². The van der Waals surface area contributed by atoms with Gasteiger partial charge in [-0.1, -0.05) is 0 Å². The Balaban J connectivity index is 2.07. The zero-order valence-corrected chi connectivity index (χ0v) is 13.9. The van der Waals surface area contributed by atoms with Crippen LogP contribution in [-0.4, -0.2) is 51.6 Å². The highest BCUT2D eigenvalue weighted by atomic mass is 16.6. The molecule has 128 valence electrons. The number of likely N-dealkylation sites (N-methyl/N-ethyl adjacent to an activating group) is 1. The molecule has 1 saturated carbocycles. The predicted octanol–water partition coefficient (Wildman–Crippen LogP) is 1.18. The van der Waals surface area contributed by atoms with Crippen molar-refractivity contribution in [2.75, 3.05) is 11.9 Å². The summed E-state index contributed by atoms with van der Waals surface area (Å²) in [6.45, 7) is 5.27. The van der Waals surface area contributed by atoms with Crippen LogP contribution in [0.25, 0.3) is 0 Å². The summed E-state index contributed by atoms with van der Waals surface area (Å²) < 4.78 is 5.23. The van der Waals surface area contributed by atoms with Crippen molar-refractivity contribution in [3.63, 3.8) is 0 Å². The summed E-state index contributed by atoms with van der Waals surface area (Å²) in [6, 6.07) is 1.62. The highest BCUT2D eigenvalue weighted by Crippen LogP contribution is 2.36. The Kier molecular flexibility index (Phi) is 4.65. The average molecular weight is 324 g/mol. The topological polar surface area (TPSA) is 108 Å². The summed E-state index contributed by atoms with van der Waals surface area (Å²) in [5.74, 6) is -0.0363. The summed E-state index contributed by atoms with van der Waals surface area (Å²) >= 11 is 0. The van der Waals surface area contributed by atoms with E-state index in [1.54, 1.807) is 33.9 Å². The number of carbonyl (C=O) groups is 2. The monoisotopic (exact) mass is 324 g/mol. The van der Waals surface area contributed by atoms with E-state index in [0.29, 0.717) is 18.7 Å². The van der Waals surface area contributed by atoms with Crippen LogP contribution in [0, 0.1) is 0 Å². The summed E-state index contributed by atoms with van der Waals surface area (Å²) in [5, 5.41) is 19.6. The van der Waals surface area contributed by atoms with Gasteiger partial charge < -0.3 is 15.2 Å². The number of carbonyl (C=O) groups excluding carboxylic acids is 2. The Bertz CT molecular complexity index is 561. The van der Waals surface area contributed by atoms with Gasteiger partial charge in [0.15, 0.2) is 6.10 Å². The molecule has 1 aliphatic carbocycles. The van der Waals surface area contributed by atoms with Crippen LogP contribution in [0.2, 0.25) is 0 Å². The molecule has 0 bridgehead atoms. The quantitative estimate of drug-likeness (QED) is 0.771. The number of aromatic nitrogens is 2. The molecule has 2 rings (SSSR count). The lowest BCUT2D eigenvalue weighted by Gasteiger charge is -2.45. The molecular weight excluding hydrogens is 300 g/mol. The minimum Gasteiger partial charge on any atom is -0.444 e. The van der Waals surface area contributed by atoms with Crippen LogP contribution in [0.4, 0.5) is 10.6 Å². The van der Waals surface area contributed by atoms with Crippen molar-refractivity contribution in [1.29, 1.82) is 0 Å². The number of aliphatic hydroxyl groups excluding tert-OH is 1. The Morgan fingerprint density at radius 3 is 2.57 bits per heavy atom. The Labute approximate surface area is 135 Å². The van der Waals surface area contributed by atoms with Crippen LogP contribution in [0.15, 0.2) is 12.3 Å². The van der Waals surface area contributed by atoms with Gasteiger partial charge in [-0.25, -0.2) is 4.79 Å². The van der Waals surface area contributed by atoms with E-state index in [4.69, 9.17) is 4.74 Å². The molecular formula is C15H24N4O4. The molecule has 1 aliphatic rings. The van der Waals surface area contributed by atoms with Crippen molar-refractivity contribution in [3.8, 4) is 0 Å². The van der Waals surface area contributed by atoms with Crippen molar-refractivity contribution in [1.82, 2.24) is 15.5 Å². The maximum absolute atomic E-state index is 12.5. The molecule has 23 heavy (non-hydrogen) atoms. The zero-order valence-electron chi connectivity index (χ0n) is 13.9. The molecule has 1 aromatic heterocycles. The van der Waals surface area contributed by atoms with Crippen LogP contribution < -0.4 is 10.2 Å². The van der Waals surface area contributed by atoms with Gasteiger partial charge >= 0.3 is 6.09 Å². The third-order valence-electron chi connectivity index (χ3n) is 3.93. The first-order valence-corrected chi connectivity index (χ1v) is 7.61. The number of rotatable bonds is 4. The number of anilines is 1. The van der Waals surface area contributed by atoms with Gasteiger partial charge in [0.25, 0.3) is 5.91 Å². The SMILES string of the molecule is CN(C(=O)C(O)C1(NC(=O)OC(C)(C)C)CCC1)c1ccn[nH]1. The lowest BCUT2D eigenvalue weighted by atomic mass is 9.72. The van der Waals surface area contributed by atoms with E-state index < -0.39 is 29.2 Å². The molecule has 8 nitrogen and oxygen atoms in total. The number of aromatic amines is 1. The molecule has 0 radical (unpaired) electrons. The Hall–Kier alpha value is -2.09. The summed E-state index contributed by atoms with van der Waals surface area (Å²) in [6.07, 6.45) is 1.41. The van der Waals surface area contributed by atoms with Gasteiger partial charge in [0.1, 0.15) is 11.4 Å². The van der Waals surface area contributed by atoms with Crippen LogP contribution in [0.3, 0.4) is 0 Å². The van der Waals surface area contributed by atoms with Gasteiger partial charge in [0, 0.05) is 13.1 Å². The van der Waals surface area contributed by atoms with Gasteiger partial charge in [-0.3, -0.25) is 14.8 Å². The number of aliphatic hydroxyl groups is 1. The number of alkyl carbamates (subject to hydrolysis) is 1. The maximum atomic E-state index is 12.5. The third-order valence-corrected chi connectivity index (χ3v) is 3.93. The van der Waals surface area contributed by atoms with Crippen molar-refractivity contribution >= 4 is 17.8 Å². The van der Waals surface area contributed by atoms with Crippen molar-refractivity contribution in [2.24, 2.45) is 0 Å². The number of nitrogens with zero attached hydrogens (tertiary/aromatic N) is 2. The molecule has 8 heteroatoms. The number of hydrogen-bond acceptors (Lipinski definition) is 5. The molecule has 2 amide bonds. The fraction of sp³-hybridized carbons (Fsp3) is 0.667. The molecule has 0 aliphatic heterocycles. The highest BCUT2D eigenvalue weighted by Gasteiger charge is 2.49. The maximum Gasteiger partial charge on any atom is 0.408 e. The van der Waals surface area contributed by atoms with E-state index in [1.165, 1.54) is 11.1 Å². The lowest BCUT2D eigenvalue weighted by Crippen LogP contribution is -2.65. The van der Waals surface area contributed by atoms with E-state index >= 15 is 0 Å². The second kappa shape index (κ2) is 6.19. The standard InChI is InChI=1S/C15H24N4O4/c1-14(2,3)23-13(22)17-15(7-5-8-15)11(20)12(21)19(4)10-6-9-16-18-10/h6,9,11,20H,5,7-8H2,1-4H3,(H,16,18)(H,17,22). The van der Waals surface area contributed by atoms with Gasteiger partial charge in [0.2, 0.25) is 0 Å². The predicted molar refractivity (Wildman–Crippen MR) is 84.0 cm³/mol. The van der Waals surface area contributed by atoms with E-state index in [1.807, 2.05) is 0 Å². The minimum absolute atomic E-state index is 0.473. The summed E-state index contributed by atoms with van der Waals surface area (Å²) in [5.41, 5.74) is -1.62.